The average molecular weight is 287 g/mol. The van der Waals surface area contributed by atoms with Crippen LogP contribution in [0.4, 0.5) is 0 Å². The van der Waals surface area contributed by atoms with E-state index >= 15 is 0 Å². The number of rotatable bonds is 3. The van der Waals surface area contributed by atoms with Crippen LogP contribution in [0.3, 0.4) is 0 Å². The summed E-state index contributed by atoms with van der Waals surface area (Å²) in [4.78, 5) is 0. The van der Waals surface area contributed by atoms with Crippen LogP contribution in [-0.4, -0.2) is 10.2 Å². The Hall–Kier alpha value is -0.618. The third-order valence-corrected chi connectivity index (χ3v) is 1.55. The number of para-hydroxylation sites is 1. The molecule has 3 heteroatoms. The number of benzene rings is 1. The van der Waals surface area contributed by atoms with Crippen molar-refractivity contribution in [2.24, 2.45) is 0 Å². The van der Waals surface area contributed by atoms with E-state index in [4.69, 9.17) is 1.37 Å². The minimum atomic E-state index is -1.78. The molecular formula is C11H15O2Pd+. The van der Waals surface area contributed by atoms with Crippen molar-refractivity contribution in [3.05, 3.63) is 49.9 Å². The van der Waals surface area contributed by atoms with Gasteiger partial charge in [0.15, 0.2) is 0 Å². The van der Waals surface area contributed by atoms with Gasteiger partial charge < -0.3 is 17.6 Å². The zero-order valence-electron chi connectivity index (χ0n) is 9.01. The summed E-state index contributed by atoms with van der Waals surface area (Å²) in [5, 5.41) is 19.0. The maximum atomic E-state index is 9.60. The zero-order chi connectivity index (χ0) is 9.90. The molecule has 0 aliphatic heterocycles. The van der Waals surface area contributed by atoms with Gasteiger partial charge in [-0.2, -0.15) is 0 Å². The fourth-order valence-corrected chi connectivity index (χ4v) is 0.964. The van der Waals surface area contributed by atoms with Crippen LogP contribution >= 0.6 is 0 Å². The van der Waals surface area contributed by atoms with E-state index in [0.717, 1.165) is 0 Å². The fourth-order valence-electron chi connectivity index (χ4n) is 0.964. The largest absolute Gasteiger partial charge is 2.00 e. The van der Waals surface area contributed by atoms with Crippen molar-refractivity contribution < 1.29 is 32.0 Å². The first-order valence-corrected chi connectivity index (χ1v) is 3.69. The molecule has 2 nitrogen and oxygen atoms in total. The topological polar surface area (TPSA) is 40.5 Å². The van der Waals surface area contributed by atoms with E-state index in [0.29, 0.717) is 0 Å². The summed E-state index contributed by atoms with van der Waals surface area (Å²) in [7, 11) is 0. The molecule has 0 bridgehead atoms. The van der Waals surface area contributed by atoms with E-state index < -0.39 is 6.08 Å². The number of hydrogen-bond acceptors (Lipinski definition) is 2. The molecule has 2 N–H and O–H groups in total. The molecule has 0 aromatic heterocycles. The van der Waals surface area contributed by atoms with Crippen LogP contribution in [0.25, 0.3) is 0 Å². The Morgan fingerprint density at radius 1 is 1.50 bits per heavy atom. The van der Waals surface area contributed by atoms with Gasteiger partial charge in [0.05, 0.1) is 7.45 Å². The Morgan fingerprint density at radius 2 is 2.07 bits per heavy atom. The minimum Gasteiger partial charge on any atom is -0.508 e. The van der Waals surface area contributed by atoms with E-state index in [9.17, 15) is 10.2 Å². The fraction of sp³-hybridized carbons (Fsp3) is 0.182. The molecule has 1 aromatic rings. The van der Waals surface area contributed by atoms with Crippen molar-refractivity contribution in [3.63, 3.8) is 0 Å². The zero-order valence-corrected chi connectivity index (χ0v) is 9.57. The van der Waals surface area contributed by atoms with Crippen LogP contribution < -0.4 is 0 Å². The molecule has 0 aliphatic carbocycles. The van der Waals surface area contributed by atoms with Gasteiger partial charge in [0.1, 0.15) is 5.75 Å². The second-order valence-electron chi connectivity index (χ2n) is 2.46. The molecule has 0 fully saturated rings. The van der Waals surface area contributed by atoms with E-state index in [2.05, 4.69) is 6.58 Å². The van der Waals surface area contributed by atoms with Gasteiger partial charge in [0.25, 0.3) is 0 Å². The molecule has 80 valence electrons. The van der Waals surface area contributed by atoms with Gasteiger partial charge in [-0.3, -0.25) is 0 Å². The molecule has 1 atom stereocenters. The predicted octanol–water partition coefficient (Wildman–Crippen LogP) is 2.45. The maximum absolute atomic E-state index is 9.60. The molecule has 1 aromatic carbocycles. The molecule has 0 aliphatic rings. The molecule has 14 heavy (non-hydrogen) atoms. The molecule has 0 amide bonds. The average Bonchev–Trinajstić information content (AvgIpc) is 2.04. The van der Waals surface area contributed by atoms with E-state index in [-0.39, 0.29) is 45.6 Å². The van der Waals surface area contributed by atoms with Gasteiger partial charge in [-0.05, 0) is 12.5 Å². The standard InChI is InChI=1S/C10H12O2.CH3.Pd/c1-2-5-9(11)8-6-3-4-7-10(8)12;;/h2-4,6-7,9,11-12H,1,5H2;1H3;/q;-1;+2/t9-;;/m0../s1/i9D;;. The van der Waals surface area contributed by atoms with Crippen LogP contribution in [0.1, 0.15) is 19.4 Å². The smallest absolute Gasteiger partial charge is 0.508 e. The van der Waals surface area contributed by atoms with Crippen LogP contribution in [-0.2, 0) is 20.4 Å². The molecular weight excluding hydrogens is 271 g/mol. The molecule has 0 radical (unpaired) electrons. The van der Waals surface area contributed by atoms with Gasteiger partial charge in [-0.15, -0.1) is 6.58 Å². The summed E-state index contributed by atoms with van der Waals surface area (Å²) in [5.41, 5.74) is 0.204. The van der Waals surface area contributed by atoms with Crippen molar-refractivity contribution in [2.45, 2.75) is 12.5 Å². The van der Waals surface area contributed by atoms with Gasteiger partial charge >= 0.3 is 20.4 Å². The number of aromatic hydroxyl groups is 1. The number of phenols is 1. The Morgan fingerprint density at radius 3 is 2.57 bits per heavy atom. The molecule has 0 saturated carbocycles. The van der Waals surface area contributed by atoms with Crippen LogP contribution in [0.2, 0.25) is 0 Å². The Balaban J connectivity index is 0. The predicted molar refractivity (Wildman–Crippen MR) is 54.3 cm³/mol. The third-order valence-electron chi connectivity index (χ3n) is 1.55. The van der Waals surface area contributed by atoms with E-state index in [1.54, 1.807) is 12.1 Å². The van der Waals surface area contributed by atoms with Crippen molar-refractivity contribution >= 4 is 0 Å². The number of aliphatic hydroxyl groups is 1. The second-order valence-corrected chi connectivity index (χ2v) is 2.46. The summed E-state index contributed by atoms with van der Waals surface area (Å²) in [5.74, 6) is -0.0677. The van der Waals surface area contributed by atoms with E-state index in [1.807, 2.05) is 0 Å². The summed E-state index contributed by atoms with van der Waals surface area (Å²) in [6.45, 7) is 3.44. The first kappa shape index (κ1) is 13.4. The normalized spacial score (nSPS) is 13.9. The van der Waals surface area contributed by atoms with Crippen molar-refractivity contribution in [1.29, 1.82) is 0 Å². The van der Waals surface area contributed by atoms with Crippen molar-refractivity contribution in [2.75, 3.05) is 0 Å². The number of phenolic OH excluding ortho intramolecular Hbond substituents is 1. The summed E-state index contributed by atoms with van der Waals surface area (Å²) in [6, 6.07) is 6.27. The van der Waals surface area contributed by atoms with Crippen LogP contribution in [0.15, 0.2) is 36.9 Å². The maximum Gasteiger partial charge on any atom is 2.00 e. The van der Waals surface area contributed by atoms with Gasteiger partial charge in [0, 0.05) is 5.56 Å². The van der Waals surface area contributed by atoms with Gasteiger partial charge in [-0.25, -0.2) is 0 Å². The van der Waals surface area contributed by atoms with Crippen molar-refractivity contribution in [3.8, 4) is 5.75 Å². The number of hydrogen-bond donors (Lipinski definition) is 2. The van der Waals surface area contributed by atoms with Crippen molar-refractivity contribution in [1.82, 2.24) is 0 Å². The second kappa shape index (κ2) is 7.76. The Labute approximate surface area is 100 Å². The van der Waals surface area contributed by atoms with Crippen LogP contribution in [0.5, 0.6) is 5.75 Å². The summed E-state index contributed by atoms with van der Waals surface area (Å²) < 4.78 is 7.53. The quantitative estimate of drug-likeness (QED) is 0.509. The monoisotopic (exact) mass is 286 g/mol. The molecule has 0 saturated heterocycles. The summed E-state index contributed by atoms with van der Waals surface area (Å²) >= 11 is 0. The minimum absolute atomic E-state index is 0. The van der Waals surface area contributed by atoms with Gasteiger partial charge in [0.2, 0.25) is 0 Å². The first-order valence-electron chi connectivity index (χ1n) is 4.19. The summed E-state index contributed by atoms with van der Waals surface area (Å²) in [6.07, 6.45) is -0.253. The third kappa shape index (κ3) is 4.06. The molecule has 0 heterocycles. The Kier molecular flexibility index (Phi) is 7.41. The van der Waals surface area contributed by atoms with E-state index in [1.165, 1.54) is 18.2 Å². The Bertz CT molecular complexity index is 313. The molecule has 0 spiro atoms. The van der Waals surface area contributed by atoms with Crippen LogP contribution in [0, 0.1) is 7.43 Å². The van der Waals surface area contributed by atoms with Gasteiger partial charge in [-0.1, -0.05) is 24.3 Å². The molecule has 0 unspecified atom stereocenters. The molecule has 1 rings (SSSR count). The first-order chi connectivity index (χ1) is 6.08. The SMILES string of the molecule is [2H][C@](O)(CC=C)c1ccccc1O.[CH3-].[Pd+2].